The van der Waals surface area contributed by atoms with Crippen molar-refractivity contribution in [2.75, 3.05) is 25.1 Å². The molecule has 2 aromatic heterocycles. The molecule has 4 nitrogen and oxygen atoms in total. The average Bonchev–Trinajstić information content (AvgIpc) is 3.14. The van der Waals surface area contributed by atoms with Gasteiger partial charge in [0.2, 0.25) is 0 Å². The van der Waals surface area contributed by atoms with Crippen LogP contribution in [0.15, 0.2) is 43.0 Å². The zero-order valence-electron chi connectivity index (χ0n) is 16.0. The Balaban J connectivity index is 1.57. The summed E-state index contributed by atoms with van der Waals surface area (Å²) in [4.78, 5) is 10.7. The van der Waals surface area contributed by atoms with E-state index in [0.29, 0.717) is 5.02 Å². The Labute approximate surface area is 166 Å². The lowest BCUT2D eigenvalue weighted by Crippen LogP contribution is -2.47. The molecule has 0 amide bonds. The maximum Gasteiger partial charge on any atom is 0.0691 e. The highest BCUT2D eigenvalue weighted by Gasteiger charge is 2.47. The van der Waals surface area contributed by atoms with E-state index in [1.807, 2.05) is 24.7 Å². The van der Waals surface area contributed by atoms with Crippen LogP contribution in [0.5, 0.6) is 0 Å². The van der Waals surface area contributed by atoms with Gasteiger partial charge in [0.15, 0.2) is 0 Å². The predicted molar refractivity (Wildman–Crippen MR) is 109 cm³/mol. The van der Waals surface area contributed by atoms with Crippen LogP contribution in [0, 0.1) is 0 Å². The Morgan fingerprint density at radius 3 is 2.63 bits per heavy atom. The van der Waals surface area contributed by atoms with E-state index in [9.17, 15) is 0 Å². The maximum absolute atomic E-state index is 6.35. The van der Waals surface area contributed by atoms with Crippen LogP contribution in [0.3, 0.4) is 0 Å². The van der Waals surface area contributed by atoms with Gasteiger partial charge in [0, 0.05) is 44.2 Å². The minimum absolute atomic E-state index is 0.0811. The van der Waals surface area contributed by atoms with Crippen LogP contribution in [0.25, 0.3) is 0 Å². The van der Waals surface area contributed by atoms with Gasteiger partial charge >= 0.3 is 0 Å². The van der Waals surface area contributed by atoms with E-state index in [0.717, 1.165) is 38.1 Å². The van der Waals surface area contributed by atoms with Gasteiger partial charge in [-0.15, -0.1) is 0 Å². The van der Waals surface area contributed by atoms with E-state index in [1.54, 1.807) is 6.20 Å². The molecule has 1 aliphatic carbocycles. The Bertz CT molecular complexity index is 763. The first-order chi connectivity index (χ1) is 13.1. The Morgan fingerprint density at radius 2 is 1.89 bits per heavy atom. The Kier molecular flexibility index (Phi) is 5.38. The molecule has 0 N–H and O–H groups in total. The van der Waals surface area contributed by atoms with Crippen LogP contribution in [-0.4, -0.2) is 35.8 Å². The number of nitrogens with zero attached hydrogens (tertiary/aromatic N) is 3. The highest BCUT2D eigenvalue weighted by Crippen LogP contribution is 2.50. The molecule has 1 aliphatic heterocycles. The number of ether oxygens (including phenoxy) is 1. The molecule has 0 aromatic carbocycles. The Morgan fingerprint density at radius 1 is 1.11 bits per heavy atom. The smallest absolute Gasteiger partial charge is 0.0691 e. The highest BCUT2D eigenvalue weighted by molar-refractivity contribution is 6.30. The third-order valence-electron chi connectivity index (χ3n) is 6.51. The fourth-order valence-electron chi connectivity index (χ4n) is 4.99. The van der Waals surface area contributed by atoms with E-state index < -0.39 is 0 Å². The van der Waals surface area contributed by atoms with Crippen molar-refractivity contribution < 1.29 is 4.74 Å². The molecule has 1 saturated carbocycles. The minimum Gasteiger partial charge on any atom is -0.375 e. The minimum atomic E-state index is 0.0811. The van der Waals surface area contributed by atoms with Gasteiger partial charge in [-0.2, -0.15) is 0 Å². The number of hydrogen-bond acceptors (Lipinski definition) is 4. The quantitative estimate of drug-likeness (QED) is 0.724. The average molecular weight is 386 g/mol. The van der Waals surface area contributed by atoms with Gasteiger partial charge in [0.05, 0.1) is 22.5 Å². The second-order valence-corrected chi connectivity index (χ2v) is 8.65. The first-order valence-electron chi connectivity index (χ1n) is 9.97. The summed E-state index contributed by atoms with van der Waals surface area (Å²) in [5, 5.41) is 0.680. The summed E-state index contributed by atoms with van der Waals surface area (Å²) < 4.78 is 6.35. The van der Waals surface area contributed by atoms with Crippen LogP contribution < -0.4 is 4.90 Å². The predicted octanol–water partition coefficient (Wildman–Crippen LogP) is 5.02. The van der Waals surface area contributed by atoms with Crippen molar-refractivity contribution in [3.8, 4) is 0 Å². The third kappa shape index (κ3) is 3.97. The van der Waals surface area contributed by atoms with E-state index in [1.165, 1.54) is 31.2 Å². The van der Waals surface area contributed by atoms with Gasteiger partial charge in [0.25, 0.3) is 0 Å². The molecule has 144 valence electrons. The van der Waals surface area contributed by atoms with Crippen molar-refractivity contribution >= 4 is 17.3 Å². The second-order valence-electron chi connectivity index (χ2n) is 8.21. The standard InChI is InChI=1S/C22H28ClN3O/c1-26(20-14-19(23)15-25-16-20)12-8-21(18-4-10-24-11-5-18)9-13-27-22(17-21)6-2-3-7-22/h4-5,10-11,14-16H,2-3,6-9,12-13,17H2,1H3/t21-/m1/s1. The van der Waals surface area contributed by atoms with E-state index in [2.05, 4.69) is 34.0 Å². The zero-order chi connectivity index (χ0) is 18.7. The van der Waals surface area contributed by atoms with Crippen LogP contribution in [0.2, 0.25) is 5.02 Å². The molecule has 0 radical (unpaired) electrons. The van der Waals surface area contributed by atoms with Crippen LogP contribution in [0.1, 0.15) is 50.5 Å². The van der Waals surface area contributed by atoms with Crippen molar-refractivity contribution in [1.29, 1.82) is 0 Å². The van der Waals surface area contributed by atoms with Crippen LogP contribution >= 0.6 is 11.6 Å². The molecule has 1 saturated heterocycles. The van der Waals surface area contributed by atoms with Gasteiger partial charge in [-0.25, -0.2) is 0 Å². The summed E-state index contributed by atoms with van der Waals surface area (Å²) in [6.45, 7) is 1.81. The molecule has 1 spiro atoms. The zero-order valence-corrected chi connectivity index (χ0v) is 16.8. The monoisotopic (exact) mass is 385 g/mol. The molecule has 3 heterocycles. The van der Waals surface area contributed by atoms with Crippen LogP contribution in [0.4, 0.5) is 5.69 Å². The summed E-state index contributed by atoms with van der Waals surface area (Å²) in [6.07, 6.45) is 15.7. The summed E-state index contributed by atoms with van der Waals surface area (Å²) in [5.74, 6) is 0. The molecule has 27 heavy (non-hydrogen) atoms. The summed E-state index contributed by atoms with van der Waals surface area (Å²) >= 11 is 6.13. The summed E-state index contributed by atoms with van der Waals surface area (Å²) in [6, 6.07) is 6.39. The number of hydrogen-bond donors (Lipinski definition) is 0. The molecule has 5 heteroatoms. The second kappa shape index (κ2) is 7.76. The fourth-order valence-corrected chi connectivity index (χ4v) is 5.16. The van der Waals surface area contributed by atoms with Crippen molar-refractivity contribution in [1.82, 2.24) is 9.97 Å². The van der Waals surface area contributed by atoms with Crippen molar-refractivity contribution in [3.05, 3.63) is 53.6 Å². The highest BCUT2D eigenvalue weighted by atomic mass is 35.5. The lowest BCUT2D eigenvalue weighted by atomic mass is 9.66. The summed E-state index contributed by atoms with van der Waals surface area (Å²) in [5.41, 5.74) is 2.70. The molecular weight excluding hydrogens is 358 g/mol. The lowest BCUT2D eigenvalue weighted by Gasteiger charge is -2.47. The summed E-state index contributed by atoms with van der Waals surface area (Å²) in [7, 11) is 2.12. The van der Waals surface area contributed by atoms with Gasteiger partial charge in [0.1, 0.15) is 0 Å². The third-order valence-corrected chi connectivity index (χ3v) is 6.72. The normalized spacial score (nSPS) is 24.2. The van der Waals surface area contributed by atoms with Crippen molar-refractivity contribution in [2.45, 2.75) is 56.0 Å². The molecular formula is C22H28ClN3O. The van der Waals surface area contributed by atoms with E-state index in [4.69, 9.17) is 16.3 Å². The number of rotatable bonds is 5. The first kappa shape index (κ1) is 18.7. The number of halogens is 1. The van der Waals surface area contributed by atoms with Gasteiger partial charge < -0.3 is 9.64 Å². The molecule has 2 aromatic rings. The fraction of sp³-hybridized carbons (Fsp3) is 0.545. The molecule has 2 aliphatic rings. The SMILES string of the molecule is CN(CC[C@@]1(c2ccncc2)CCOC2(CCCC2)C1)c1cncc(Cl)c1. The van der Waals surface area contributed by atoms with Gasteiger partial charge in [-0.05, 0) is 55.9 Å². The topological polar surface area (TPSA) is 38.2 Å². The van der Waals surface area contributed by atoms with Gasteiger partial charge in [-0.3, -0.25) is 9.97 Å². The molecule has 0 unspecified atom stereocenters. The largest absolute Gasteiger partial charge is 0.375 e. The lowest BCUT2D eigenvalue weighted by molar-refractivity contribution is -0.103. The maximum atomic E-state index is 6.35. The van der Waals surface area contributed by atoms with E-state index in [-0.39, 0.29) is 11.0 Å². The number of anilines is 1. The molecule has 1 atom stereocenters. The van der Waals surface area contributed by atoms with Crippen LogP contribution in [-0.2, 0) is 10.2 Å². The van der Waals surface area contributed by atoms with Crippen molar-refractivity contribution in [3.63, 3.8) is 0 Å². The van der Waals surface area contributed by atoms with Crippen molar-refractivity contribution in [2.24, 2.45) is 0 Å². The van der Waals surface area contributed by atoms with E-state index >= 15 is 0 Å². The Hall–Kier alpha value is -1.65. The molecule has 2 fully saturated rings. The molecule has 0 bridgehead atoms. The van der Waals surface area contributed by atoms with Gasteiger partial charge in [-0.1, -0.05) is 24.4 Å². The number of aromatic nitrogens is 2. The molecule has 4 rings (SSSR count). The first-order valence-corrected chi connectivity index (χ1v) is 10.3. The number of pyridine rings is 2.